The van der Waals surface area contributed by atoms with Crippen LogP contribution in [0.4, 0.5) is 11.6 Å². The fourth-order valence-corrected chi connectivity index (χ4v) is 2.44. The summed E-state index contributed by atoms with van der Waals surface area (Å²) in [4.78, 5) is 23.1. The molecule has 0 aliphatic heterocycles. The van der Waals surface area contributed by atoms with Gasteiger partial charge in [0, 0.05) is 23.3 Å². The van der Waals surface area contributed by atoms with Gasteiger partial charge in [-0.15, -0.1) is 0 Å². The summed E-state index contributed by atoms with van der Waals surface area (Å²) in [6.07, 6.45) is 0. The van der Waals surface area contributed by atoms with E-state index in [1.165, 1.54) is 12.1 Å². The number of nitro groups is 1. The van der Waals surface area contributed by atoms with Crippen LogP contribution in [0.2, 0.25) is 0 Å². The first-order valence-electron chi connectivity index (χ1n) is 7.84. The fourth-order valence-electron chi connectivity index (χ4n) is 2.44. The van der Waals surface area contributed by atoms with Crippen molar-refractivity contribution in [3.63, 3.8) is 0 Å². The van der Waals surface area contributed by atoms with Gasteiger partial charge in [-0.1, -0.05) is 12.1 Å². The van der Waals surface area contributed by atoms with E-state index in [0.29, 0.717) is 22.7 Å². The van der Waals surface area contributed by atoms with Crippen LogP contribution in [-0.4, -0.2) is 28.0 Å². The highest BCUT2D eigenvalue weighted by Crippen LogP contribution is 2.28. The first-order valence-corrected chi connectivity index (χ1v) is 7.84. The number of hydrogen-bond acceptors (Lipinski definition) is 6. The zero-order chi connectivity index (χ0) is 19.4. The van der Waals surface area contributed by atoms with Crippen LogP contribution in [0.15, 0.2) is 59.6 Å². The Hall–Kier alpha value is -4.01. The van der Waals surface area contributed by atoms with Gasteiger partial charge in [-0.3, -0.25) is 10.1 Å². The molecule has 0 unspecified atom stereocenters. The van der Waals surface area contributed by atoms with Crippen LogP contribution in [0.3, 0.4) is 0 Å². The van der Waals surface area contributed by atoms with Crippen LogP contribution >= 0.6 is 0 Å². The van der Waals surface area contributed by atoms with Crippen LogP contribution in [0.1, 0.15) is 0 Å². The van der Waals surface area contributed by atoms with Crippen molar-refractivity contribution in [2.24, 2.45) is 16.5 Å². The number of aromatic nitrogens is 2. The Labute approximate surface area is 154 Å². The van der Waals surface area contributed by atoms with Crippen molar-refractivity contribution in [3.05, 3.63) is 64.7 Å². The summed E-state index contributed by atoms with van der Waals surface area (Å²) in [6, 6.07) is 15.1. The second-order valence-electron chi connectivity index (χ2n) is 5.51. The average Bonchev–Trinajstić information content (AvgIpc) is 2.67. The number of nitrogens with zero attached hydrogens (tertiary/aromatic N) is 4. The lowest BCUT2D eigenvalue weighted by atomic mass is 10.1. The summed E-state index contributed by atoms with van der Waals surface area (Å²) in [6.45, 7) is 0. The van der Waals surface area contributed by atoms with E-state index in [-0.39, 0.29) is 17.6 Å². The molecule has 1 aromatic heterocycles. The summed E-state index contributed by atoms with van der Waals surface area (Å²) in [7, 11) is 1.58. The van der Waals surface area contributed by atoms with Gasteiger partial charge in [0.1, 0.15) is 5.75 Å². The zero-order valence-electron chi connectivity index (χ0n) is 14.4. The number of ether oxygens (including phenoxy) is 1. The van der Waals surface area contributed by atoms with Gasteiger partial charge >= 0.3 is 0 Å². The molecule has 3 aromatic rings. The molecule has 0 atom stereocenters. The summed E-state index contributed by atoms with van der Waals surface area (Å²) in [5.41, 5.74) is 13.2. The van der Waals surface area contributed by atoms with E-state index >= 15 is 0 Å². The number of guanidine groups is 1. The fraction of sp³-hybridized carbons (Fsp3) is 0.0556. The van der Waals surface area contributed by atoms with Gasteiger partial charge in [-0.2, -0.15) is 4.99 Å². The highest BCUT2D eigenvalue weighted by molar-refractivity contribution is 5.79. The van der Waals surface area contributed by atoms with Gasteiger partial charge in [0.05, 0.1) is 23.4 Å². The number of rotatable bonds is 5. The second-order valence-corrected chi connectivity index (χ2v) is 5.51. The first kappa shape index (κ1) is 17.8. The molecule has 1 heterocycles. The Morgan fingerprint density at radius 1 is 1.04 bits per heavy atom. The number of nitro benzene ring substituents is 1. The number of nitrogens with two attached hydrogens (primary N) is 2. The molecule has 3 rings (SSSR count). The molecule has 0 aliphatic carbocycles. The maximum atomic E-state index is 11.1. The van der Waals surface area contributed by atoms with Crippen molar-refractivity contribution < 1.29 is 9.66 Å². The molecular weight excluding hydrogens is 348 g/mol. The minimum Gasteiger partial charge on any atom is -0.497 e. The Morgan fingerprint density at radius 3 is 2.30 bits per heavy atom. The smallest absolute Gasteiger partial charge is 0.270 e. The van der Waals surface area contributed by atoms with Crippen LogP contribution in [-0.2, 0) is 0 Å². The summed E-state index contributed by atoms with van der Waals surface area (Å²) >= 11 is 0. The molecule has 0 saturated heterocycles. The SMILES string of the molecule is COc1ccc(-c2cc(-c3cccc([N+](=O)[O-])c3)nc(N=C(N)N)n2)cc1. The topological polar surface area (TPSA) is 143 Å². The second kappa shape index (κ2) is 7.48. The molecule has 0 bridgehead atoms. The van der Waals surface area contributed by atoms with E-state index in [1.807, 2.05) is 12.1 Å². The molecule has 4 N–H and O–H groups in total. The Kier molecular flexibility index (Phi) is 4.93. The maximum absolute atomic E-state index is 11.1. The third kappa shape index (κ3) is 4.15. The maximum Gasteiger partial charge on any atom is 0.270 e. The van der Waals surface area contributed by atoms with Crippen LogP contribution < -0.4 is 16.2 Å². The van der Waals surface area contributed by atoms with Crippen molar-refractivity contribution in [1.29, 1.82) is 0 Å². The molecule has 0 saturated carbocycles. The van der Waals surface area contributed by atoms with Gasteiger partial charge in [-0.05, 0) is 30.3 Å². The highest BCUT2D eigenvalue weighted by atomic mass is 16.6. The predicted molar refractivity (Wildman–Crippen MR) is 102 cm³/mol. The molecule has 2 aromatic carbocycles. The molecule has 0 aliphatic rings. The van der Waals surface area contributed by atoms with E-state index in [4.69, 9.17) is 16.2 Å². The third-order valence-electron chi connectivity index (χ3n) is 3.68. The average molecular weight is 364 g/mol. The normalized spacial score (nSPS) is 10.3. The summed E-state index contributed by atoms with van der Waals surface area (Å²) in [5.74, 6) is 0.577. The van der Waals surface area contributed by atoms with E-state index in [2.05, 4.69) is 15.0 Å². The van der Waals surface area contributed by atoms with Crippen molar-refractivity contribution in [2.75, 3.05) is 7.11 Å². The van der Waals surface area contributed by atoms with Crippen LogP contribution in [0.5, 0.6) is 5.75 Å². The molecule has 0 radical (unpaired) electrons. The molecule has 136 valence electrons. The van der Waals surface area contributed by atoms with Gasteiger partial charge in [0.15, 0.2) is 5.96 Å². The van der Waals surface area contributed by atoms with E-state index in [1.54, 1.807) is 37.4 Å². The quantitative estimate of drug-likeness (QED) is 0.306. The number of methoxy groups -OCH3 is 1. The number of non-ortho nitro benzene ring substituents is 1. The summed E-state index contributed by atoms with van der Waals surface area (Å²) in [5, 5.41) is 11.1. The lowest BCUT2D eigenvalue weighted by Crippen LogP contribution is -2.22. The van der Waals surface area contributed by atoms with Gasteiger partial charge in [0.25, 0.3) is 11.6 Å². The monoisotopic (exact) mass is 364 g/mol. The molecule has 0 spiro atoms. The van der Waals surface area contributed by atoms with Gasteiger partial charge < -0.3 is 16.2 Å². The number of aliphatic imine (C=N–C) groups is 1. The van der Waals surface area contributed by atoms with Crippen molar-refractivity contribution >= 4 is 17.6 Å². The molecule has 27 heavy (non-hydrogen) atoms. The minimum atomic E-state index is -0.466. The Balaban J connectivity index is 2.14. The van der Waals surface area contributed by atoms with Gasteiger partial charge in [0.2, 0.25) is 0 Å². The number of benzene rings is 2. The molecule has 9 nitrogen and oxygen atoms in total. The molecule has 0 fully saturated rings. The lowest BCUT2D eigenvalue weighted by Gasteiger charge is -2.08. The van der Waals surface area contributed by atoms with E-state index < -0.39 is 4.92 Å². The minimum absolute atomic E-state index is 0.0412. The third-order valence-corrected chi connectivity index (χ3v) is 3.68. The van der Waals surface area contributed by atoms with Gasteiger partial charge in [-0.25, -0.2) is 9.97 Å². The predicted octanol–water partition coefficient (Wildman–Crippen LogP) is 2.63. The van der Waals surface area contributed by atoms with E-state index in [9.17, 15) is 10.1 Å². The lowest BCUT2D eigenvalue weighted by molar-refractivity contribution is -0.384. The largest absolute Gasteiger partial charge is 0.497 e. The summed E-state index contributed by atoms with van der Waals surface area (Å²) < 4.78 is 5.16. The first-order chi connectivity index (χ1) is 13.0. The standard InChI is InChI=1S/C18H16N6O3/c1-27-14-7-5-11(6-8-14)15-10-16(22-18(21-15)23-17(19)20)12-3-2-4-13(9-12)24(25)26/h2-10H,1H3,(H4,19,20,21,22,23). The molecule has 9 heteroatoms. The molecule has 0 amide bonds. The molecular formula is C18H16N6O3. The van der Waals surface area contributed by atoms with Crippen molar-refractivity contribution in [3.8, 4) is 28.3 Å². The Morgan fingerprint density at radius 2 is 1.70 bits per heavy atom. The zero-order valence-corrected chi connectivity index (χ0v) is 14.4. The van der Waals surface area contributed by atoms with Crippen LogP contribution in [0.25, 0.3) is 22.5 Å². The highest BCUT2D eigenvalue weighted by Gasteiger charge is 2.12. The van der Waals surface area contributed by atoms with Crippen LogP contribution in [0, 0.1) is 10.1 Å². The Bertz CT molecular complexity index is 1010. The van der Waals surface area contributed by atoms with Crippen molar-refractivity contribution in [2.45, 2.75) is 0 Å². The number of hydrogen-bond donors (Lipinski definition) is 2. The van der Waals surface area contributed by atoms with Crippen molar-refractivity contribution in [1.82, 2.24) is 9.97 Å². The van der Waals surface area contributed by atoms with E-state index in [0.717, 1.165) is 5.56 Å².